The molecule has 1 N–H and O–H groups in total. The van der Waals surface area contributed by atoms with Gasteiger partial charge in [-0.05, 0) is 37.4 Å². The van der Waals surface area contributed by atoms with Crippen LogP contribution in [0.25, 0.3) is 5.65 Å². The van der Waals surface area contributed by atoms with Crippen LogP contribution >= 0.6 is 23.1 Å². The lowest BCUT2D eigenvalue weighted by Gasteiger charge is -2.04. The van der Waals surface area contributed by atoms with Crippen molar-refractivity contribution in [2.24, 2.45) is 0 Å². The van der Waals surface area contributed by atoms with Crippen LogP contribution in [0.15, 0.2) is 39.1 Å². The fourth-order valence-electron chi connectivity index (χ4n) is 1.97. The van der Waals surface area contributed by atoms with Crippen molar-refractivity contribution in [3.63, 3.8) is 0 Å². The van der Waals surface area contributed by atoms with E-state index in [1.807, 2.05) is 25.1 Å². The van der Waals surface area contributed by atoms with Crippen molar-refractivity contribution < 1.29 is 0 Å². The summed E-state index contributed by atoms with van der Waals surface area (Å²) in [7, 11) is 0. The summed E-state index contributed by atoms with van der Waals surface area (Å²) >= 11 is 3.32. The molecule has 0 aromatic carbocycles. The van der Waals surface area contributed by atoms with E-state index in [0.29, 0.717) is 0 Å². The van der Waals surface area contributed by atoms with Crippen molar-refractivity contribution in [1.82, 2.24) is 19.7 Å². The van der Waals surface area contributed by atoms with E-state index in [1.54, 1.807) is 23.1 Å². The Balaban J connectivity index is 1.99. The zero-order valence-electron chi connectivity index (χ0n) is 11.5. The Bertz CT molecular complexity index is 717. The number of aryl methyl sites for hydroxylation is 1. The fourth-order valence-corrected chi connectivity index (χ4v) is 3.85. The minimum absolute atomic E-state index is 0.814. The maximum atomic E-state index is 4.72. The molecule has 4 nitrogen and oxygen atoms in total. The summed E-state index contributed by atoms with van der Waals surface area (Å²) in [6, 6.07) is 6.08. The lowest BCUT2D eigenvalue weighted by molar-refractivity contribution is 0.694. The molecule has 0 bridgehead atoms. The number of pyridine rings is 1. The highest BCUT2D eigenvalue weighted by Gasteiger charge is 2.14. The van der Waals surface area contributed by atoms with Gasteiger partial charge in [0, 0.05) is 23.8 Å². The van der Waals surface area contributed by atoms with Gasteiger partial charge in [0.15, 0.2) is 4.34 Å². The molecular weight excluding hydrogens is 288 g/mol. The molecule has 0 saturated carbocycles. The molecule has 3 aromatic heterocycles. The number of hydrogen-bond acceptors (Lipinski definition) is 5. The lowest BCUT2D eigenvalue weighted by Crippen LogP contribution is -2.13. The number of aromatic nitrogens is 3. The van der Waals surface area contributed by atoms with E-state index in [1.165, 1.54) is 5.69 Å². The van der Waals surface area contributed by atoms with Crippen LogP contribution in [0.5, 0.6) is 0 Å². The summed E-state index contributed by atoms with van der Waals surface area (Å²) in [5.41, 5.74) is 3.24. The minimum Gasteiger partial charge on any atom is -0.311 e. The second-order valence-electron chi connectivity index (χ2n) is 4.43. The first-order chi connectivity index (χ1) is 9.78. The van der Waals surface area contributed by atoms with Crippen LogP contribution in [0.1, 0.15) is 18.3 Å². The maximum Gasteiger partial charge on any atom is 0.156 e. The average molecular weight is 304 g/mol. The molecule has 6 heteroatoms. The Morgan fingerprint density at radius 3 is 3.00 bits per heavy atom. The number of thiazole rings is 1. The lowest BCUT2D eigenvalue weighted by atomic mass is 10.4. The van der Waals surface area contributed by atoms with Crippen LogP contribution in [0.2, 0.25) is 0 Å². The Hall–Kier alpha value is -1.37. The highest BCUT2D eigenvalue weighted by atomic mass is 32.2. The monoisotopic (exact) mass is 304 g/mol. The Morgan fingerprint density at radius 2 is 2.25 bits per heavy atom. The Kier molecular flexibility index (Phi) is 4.05. The Morgan fingerprint density at radius 1 is 1.35 bits per heavy atom. The summed E-state index contributed by atoms with van der Waals surface area (Å²) in [6.07, 6.45) is 2.06. The Labute approximate surface area is 126 Å². The third-order valence-corrected chi connectivity index (χ3v) is 4.99. The molecule has 0 atom stereocenters. The fraction of sp³-hybridized carbons (Fsp3) is 0.286. The molecule has 3 rings (SSSR count). The highest BCUT2D eigenvalue weighted by Crippen LogP contribution is 2.32. The number of hydrogen-bond donors (Lipinski definition) is 1. The van der Waals surface area contributed by atoms with Gasteiger partial charge in [0.05, 0.1) is 5.69 Å². The molecule has 0 radical (unpaired) electrons. The predicted octanol–water partition coefficient (Wildman–Crippen LogP) is 3.36. The second-order valence-corrected chi connectivity index (χ2v) is 6.52. The molecule has 20 heavy (non-hydrogen) atoms. The van der Waals surface area contributed by atoms with Crippen molar-refractivity contribution in [1.29, 1.82) is 0 Å². The van der Waals surface area contributed by atoms with Crippen molar-refractivity contribution in [2.45, 2.75) is 29.8 Å². The summed E-state index contributed by atoms with van der Waals surface area (Å²) in [5, 5.41) is 6.49. The van der Waals surface area contributed by atoms with E-state index in [-0.39, 0.29) is 0 Å². The molecule has 0 aliphatic rings. The number of rotatable bonds is 5. The van der Waals surface area contributed by atoms with Gasteiger partial charge in [-0.15, -0.1) is 11.3 Å². The van der Waals surface area contributed by atoms with Gasteiger partial charge in [-0.2, -0.15) is 0 Å². The normalized spacial score (nSPS) is 11.3. The van der Waals surface area contributed by atoms with E-state index in [0.717, 1.165) is 33.8 Å². The van der Waals surface area contributed by atoms with Gasteiger partial charge in [0.2, 0.25) is 0 Å². The molecule has 0 aliphatic carbocycles. The van der Waals surface area contributed by atoms with Crippen LogP contribution in [0.4, 0.5) is 0 Å². The average Bonchev–Trinajstić information content (AvgIpc) is 3.00. The zero-order chi connectivity index (χ0) is 13.9. The largest absolute Gasteiger partial charge is 0.311 e. The summed E-state index contributed by atoms with van der Waals surface area (Å²) in [4.78, 5) is 9.23. The first kappa shape index (κ1) is 13.6. The van der Waals surface area contributed by atoms with Crippen molar-refractivity contribution in [2.75, 3.05) is 6.54 Å². The van der Waals surface area contributed by atoms with Gasteiger partial charge in [-0.3, -0.25) is 0 Å². The van der Waals surface area contributed by atoms with Gasteiger partial charge >= 0.3 is 0 Å². The minimum atomic E-state index is 0.814. The van der Waals surface area contributed by atoms with Crippen LogP contribution < -0.4 is 5.32 Å². The molecule has 104 valence electrons. The molecule has 0 unspecified atom stereocenters. The SMILES string of the molecule is CCNCc1c(Sc2nc(C)cs2)nc2ccccn12. The van der Waals surface area contributed by atoms with Gasteiger partial charge in [0.1, 0.15) is 10.7 Å². The molecule has 0 aliphatic heterocycles. The first-order valence-corrected chi connectivity index (χ1v) is 8.24. The van der Waals surface area contributed by atoms with Crippen LogP contribution in [-0.4, -0.2) is 20.9 Å². The third kappa shape index (κ3) is 2.72. The zero-order valence-corrected chi connectivity index (χ0v) is 13.1. The van der Waals surface area contributed by atoms with E-state index in [9.17, 15) is 0 Å². The number of imidazole rings is 1. The van der Waals surface area contributed by atoms with Crippen LogP contribution in [-0.2, 0) is 6.54 Å². The van der Waals surface area contributed by atoms with Gasteiger partial charge in [-0.25, -0.2) is 9.97 Å². The number of fused-ring (bicyclic) bond motifs is 1. The summed E-state index contributed by atoms with van der Waals surface area (Å²) < 4.78 is 3.19. The molecule has 3 aromatic rings. The van der Waals surface area contributed by atoms with E-state index in [2.05, 4.69) is 33.2 Å². The van der Waals surface area contributed by atoms with E-state index >= 15 is 0 Å². The molecule has 0 saturated heterocycles. The number of nitrogens with one attached hydrogen (secondary N) is 1. The van der Waals surface area contributed by atoms with Crippen molar-refractivity contribution in [3.05, 3.63) is 41.2 Å². The summed E-state index contributed by atoms with van der Waals surface area (Å²) in [5.74, 6) is 0. The molecule has 0 spiro atoms. The second kappa shape index (κ2) is 5.95. The maximum absolute atomic E-state index is 4.72. The van der Waals surface area contributed by atoms with Crippen molar-refractivity contribution in [3.8, 4) is 0 Å². The van der Waals surface area contributed by atoms with Gasteiger partial charge < -0.3 is 9.72 Å². The summed E-state index contributed by atoms with van der Waals surface area (Å²) in [6.45, 7) is 5.89. The van der Waals surface area contributed by atoms with Gasteiger partial charge in [0.25, 0.3) is 0 Å². The standard InChI is InChI=1S/C14H16N4S2/c1-3-15-8-11-13(20-14-16-10(2)9-19-14)17-12-6-4-5-7-18(11)12/h4-7,9,15H,3,8H2,1-2H3. The smallest absolute Gasteiger partial charge is 0.156 e. The highest BCUT2D eigenvalue weighted by molar-refractivity contribution is 8.01. The molecule has 0 fully saturated rings. The number of nitrogens with zero attached hydrogens (tertiary/aromatic N) is 3. The first-order valence-electron chi connectivity index (χ1n) is 6.54. The van der Waals surface area contributed by atoms with E-state index in [4.69, 9.17) is 4.98 Å². The topological polar surface area (TPSA) is 42.2 Å². The van der Waals surface area contributed by atoms with E-state index < -0.39 is 0 Å². The molecule has 0 amide bonds. The predicted molar refractivity (Wildman–Crippen MR) is 83.5 cm³/mol. The molecule has 3 heterocycles. The quantitative estimate of drug-likeness (QED) is 0.785. The van der Waals surface area contributed by atoms with Gasteiger partial charge in [-0.1, -0.05) is 13.0 Å². The van der Waals surface area contributed by atoms with Crippen LogP contribution in [0, 0.1) is 6.92 Å². The van der Waals surface area contributed by atoms with Crippen molar-refractivity contribution >= 4 is 28.7 Å². The third-order valence-electron chi connectivity index (χ3n) is 2.92. The van der Waals surface area contributed by atoms with Crippen LogP contribution in [0.3, 0.4) is 0 Å². The molecular formula is C14H16N4S2.